The van der Waals surface area contributed by atoms with Gasteiger partial charge in [0.15, 0.2) is 6.10 Å². The number of rotatable bonds is 5. The fourth-order valence-electron chi connectivity index (χ4n) is 1.84. The molecule has 1 atom stereocenters. The lowest BCUT2D eigenvalue weighted by Crippen LogP contribution is -2.35. The minimum atomic E-state index is -0.538. The average Bonchev–Trinajstić information content (AvgIpc) is 2.84. The van der Waals surface area contributed by atoms with Gasteiger partial charge in [0.05, 0.1) is 11.0 Å². The largest absolute Gasteiger partial charge is 0.480 e. The number of hydrogen-bond acceptors (Lipinski definition) is 3. The van der Waals surface area contributed by atoms with Crippen molar-refractivity contribution in [1.82, 2.24) is 5.32 Å². The summed E-state index contributed by atoms with van der Waals surface area (Å²) in [7, 11) is 0. The van der Waals surface area contributed by atoms with Gasteiger partial charge in [-0.25, -0.2) is 0 Å². The summed E-state index contributed by atoms with van der Waals surface area (Å²) < 4.78 is 6.56. The van der Waals surface area contributed by atoms with Crippen LogP contribution >= 0.6 is 27.3 Å². The van der Waals surface area contributed by atoms with E-state index >= 15 is 0 Å². The highest BCUT2D eigenvalue weighted by atomic mass is 79.9. The van der Waals surface area contributed by atoms with Crippen molar-refractivity contribution in [3.63, 3.8) is 0 Å². The van der Waals surface area contributed by atoms with Crippen molar-refractivity contribution in [3.8, 4) is 5.75 Å². The van der Waals surface area contributed by atoms with Gasteiger partial charge in [-0.3, -0.25) is 4.79 Å². The van der Waals surface area contributed by atoms with Crippen LogP contribution in [-0.4, -0.2) is 12.0 Å². The molecule has 2 rings (SSSR count). The molecule has 21 heavy (non-hydrogen) atoms. The highest BCUT2D eigenvalue weighted by molar-refractivity contribution is 9.10. The Morgan fingerprint density at radius 2 is 2.14 bits per heavy atom. The first-order valence-electron chi connectivity index (χ1n) is 6.71. The smallest absolute Gasteiger partial charge is 0.261 e. The number of hydrogen-bond donors (Lipinski definition) is 1. The minimum absolute atomic E-state index is 0.115. The van der Waals surface area contributed by atoms with E-state index in [0.717, 1.165) is 10.0 Å². The van der Waals surface area contributed by atoms with E-state index < -0.39 is 6.10 Å². The van der Waals surface area contributed by atoms with Crippen LogP contribution in [0.1, 0.15) is 22.9 Å². The molecular weight excluding hydrogens is 350 g/mol. The number of halogens is 1. The Morgan fingerprint density at radius 3 is 2.76 bits per heavy atom. The summed E-state index contributed by atoms with van der Waals surface area (Å²) in [6.07, 6.45) is -0.538. The van der Waals surface area contributed by atoms with Crippen molar-refractivity contribution in [2.75, 3.05) is 0 Å². The zero-order chi connectivity index (χ0) is 15.4. The Morgan fingerprint density at radius 1 is 1.38 bits per heavy atom. The van der Waals surface area contributed by atoms with E-state index in [0.29, 0.717) is 12.3 Å². The van der Waals surface area contributed by atoms with Crippen LogP contribution in [0.15, 0.2) is 34.1 Å². The molecular formula is C16H18BrNO2S. The molecule has 0 aliphatic carbocycles. The van der Waals surface area contributed by atoms with Crippen molar-refractivity contribution < 1.29 is 9.53 Å². The lowest BCUT2D eigenvalue weighted by Gasteiger charge is -2.16. The van der Waals surface area contributed by atoms with Gasteiger partial charge in [0.1, 0.15) is 5.75 Å². The van der Waals surface area contributed by atoms with Gasteiger partial charge in [-0.05, 0) is 71.4 Å². The molecule has 0 saturated carbocycles. The van der Waals surface area contributed by atoms with Gasteiger partial charge in [0.2, 0.25) is 0 Å². The lowest BCUT2D eigenvalue weighted by atomic mass is 10.2. The number of aryl methyl sites for hydroxylation is 2. The van der Waals surface area contributed by atoms with E-state index in [1.165, 1.54) is 10.4 Å². The van der Waals surface area contributed by atoms with Gasteiger partial charge in [0, 0.05) is 4.88 Å². The Labute approximate surface area is 137 Å². The summed E-state index contributed by atoms with van der Waals surface area (Å²) in [5.41, 5.74) is 2.34. The summed E-state index contributed by atoms with van der Waals surface area (Å²) in [5.74, 6) is 0.561. The molecule has 0 bridgehead atoms. The molecule has 112 valence electrons. The molecule has 0 fully saturated rings. The monoisotopic (exact) mass is 367 g/mol. The van der Waals surface area contributed by atoms with Crippen molar-refractivity contribution in [2.24, 2.45) is 0 Å². The van der Waals surface area contributed by atoms with Gasteiger partial charge in [0.25, 0.3) is 5.91 Å². The number of thiophene rings is 1. The molecule has 3 nitrogen and oxygen atoms in total. The zero-order valence-electron chi connectivity index (χ0n) is 12.3. The average molecular weight is 368 g/mol. The number of carbonyl (C=O) groups is 1. The molecule has 0 aliphatic heterocycles. The first kappa shape index (κ1) is 16.0. The van der Waals surface area contributed by atoms with E-state index in [9.17, 15) is 4.79 Å². The zero-order valence-corrected chi connectivity index (χ0v) is 14.7. The van der Waals surface area contributed by atoms with Crippen LogP contribution in [0.4, 0.5) is 0 Å². The Bertz CT molecular complexity index is 639. The van der Waals surface area contributed by atoms with Crippen LogP contribution < -0.4 is 10.1 Å². The van der Waals surface area contributed by atoms with Crippen molar-refractivity contribution >= 4 is 33.2 Å². The molecule has 1 heterocycles. The van der Waals surface area contributed by atoms with Crippen molar-refractivity contribution in [2.45, 2.75) is 33.4 Å². The summed E-state index contributed by atoms with van der Waals surface area (Å²) in [6.45, 7) is 6.35. The third kappa shape index (κ3) is 4.32. The second-order valence-corrected chi connectivity index (χ2v) is 6.79. The van der Waals surface area contributed by atoms with Gasteiger partial charge in [-0.1, -0.05) is 6.07 Å². The van der Waals surface area contributed by atoms with E-state index in [1.807, 2.05) is 37.4 Å². The predicted octanol–water partition coefficient (Wildman–Crippen LogP) is 4.21. The van der Waals surface area contributed by atoms with E-state index in [-0.39, 0.29) is 5.91 Å². The maximum Gasteiger partial charge on any atom is 0.261 e. The number of ether oxygens (including phenoxy) is 1. The molecule has 2 aromatic rings. The number of nitrogens with one attached hydrogen (secondary N) is 1. The van der Waals surface area contributed by atoms with Gasteiger partial charge >= 0.3 is 0 Å². The fraction of sp³-hybridized carbons (Fsp3) is 0.312. The van der Waals surface area contributed by atoms with Gasteiger partial charge in [-0.2, -0.15) is 0 Å². The maximum absolute atomic E-state index is 12.1. The van der Waals surface area contributed by atoms with Crippen LogP contribution in [0.5, 0.6) is 5.75 Å². The van der Waals surface area contributed by atoms with E-state index in [1.54, 1.807) is 18.3 Å². The molecule has 1 aromatic heterocycles. The van der Waals surface area contributed by atoms with Crippen LogP contribution in [-0.2, 0) is 11.3 Å². The Hall–Kier alpha value is -1.33. The number of benzene rings is 1. The molecule has 1 amide bonds. The van der Waals surface area contributed by atoms with Crippen LogP contribution in [0, 0.1) is 13.8 Å². The highest BCUT2D eigenvalue weighted by Gasteiger charge is 2.16. The number of amides is 1. The second-order valence-electron chi connectivity index (χ2n) is 4.94. The Balaban J connectivity index is 1.92. The predicted molar refractivity (Wildman–Crippen MR) is 89.9 cm³/mol. The quantitative estimate of drug-likeness (QED) is 0.859. The topological polar surface area (TPSA) is 38.3 Å². The molecule has 1 aromatic carbocycles. The molecule has 1 N–H and O–H groups in total. The van der Waals surface area contributed by atoms with Gasteiger partial charge < -0.3 is 10.1 Å². The van der Waals surface area contributed by atoms with Crippen molar-refractivity contribution in [1.29, 1.82) is 0 Å². The Kier molecular flexibility index (Phi) is 5.42. The first-order chi connectivity index (χ1) is 9.97. The summed E-state index contributed by atoms with van der Waals surface area (Å²) in [6, 6.07) is 7.84. The SMILES string of the molecule is Cc1ccc(OC(C)C(=O)NCc2sccc2C)c(Br)c1. The van der Waals surface area contributed by atoms with E-state index in [2.05, 4.69) is 27.3 Å². The molecule has 0 aliphatic rings. The second kappa shape index (κ2) is 7.09. The molecule has 0 spiro atoms. The number of carbonyl (C=O) groups excluding carboxylic acids is 1. The summed E-state index contributed by atoms with van der Waals surface area (Å²) in [4.78, 5) is 13.3. The first-order valence-corrected chi connectivity index (χ1v) is 8.38. The maximum atomic E-state index is 12.1. The summed E-state index contributed by atoms with van der Waals surface area (Å²) in [5, 5.41) is 4.94. The van der Waals surface area contributed by atoms with E-state index in [4.69, 9.17) is 4.74 Å². The van der Waals surface area contributed by atoms with Crippen LogP contribution in [0.3, 0.4) is 0 Å². The molecule has 1 unspecified atom stereocenters. The highest BCUT2D eigenvalue weighted by Crippen LogP contribution is 2.26. The van der Waals surface area contributed by atoms with Crippen LogP contribution in [0.2, 0.25) is 0 Å². The van der Waals surface area contributed by atoms with Gasteiger partial charge in [-0.15, -0.1) is 11.3 Å². The van der Waals surface area contributed by atoms with Crippen LogP contribution in [0.25, 0.3) is 0 Å². The fourth-order valence-corrected chi connectivity index (χ4v) is 3.27. The standard InChI is InChI=1S/C16H18BrNO2S/c1-10-4-5-14(13(17)8-10)20-12(3)16(19)18-9-15-11(2)6-7-21-15/h4-8,12H,9H2,1-3H3,(H,18,19). The molecule has 0 radical (unpaired) electrons. The minimum Gasteiger partial charge on any atom is -0.480 e. The van der Waals surface area contributed by atoms with Crippen molar-refractivity contribution in [3.05, 3.63) is 50.1 Å². The summed E-state index contributed by atoms with van der Waals surface area (Å²) >= 11 is 5.10. The normalized spacial score (nSPS) is 12.0. The third-order valence-electron chi connectivity index (χ3n) is 3.15. The third-order valence-corrected chi connectivity index (χ3v) is 4.79. The lowest BCUT2D eigenvalue weighted by molar-refractivity contribution is -0.127. The molecule has 0 saturated heterocycles. The molecule has 5 heteroatoms.